The summed E-state index contributed by atoms with van der Waals surface area (Å²) in [6, 6.07) is 11.9. The van der Waals surface area contributed by atoms with E-state index < -0.39 is 24.0 Å². The van der Waals surface area contributed by atoms with Crippen molar-refractivity contribution in [1.82, 2.24) is 15.3 Å². The Kier molecular flexibility index (Phi) is 6.59. The highest BCUT2D eigenvalue weighted by Crippen LogP contribution is 2.10. The molecule has 2 atom stereocenters. The standard InChI is InChI=1S/C21H22N4O4/c1-14-13-22-21(23-14)25-20(28)19(27)17(12-15-6-3-2-4-7-15)24-18(26)10-9-16-8-5-11-29-16/h2-11,13,17,19,27H,12H2,1H3,(H,24,26)(H2,22,23,25,28)/b10-9+/t17-,19+/m0/s1. The molecule has 1 aromatic carbocycles. The molecule has 0 fully saturated rings. The van der Waals surface area contributed by atoms with Gasteiger partial charge >= 0.3 is 0 Å². The predicted molar refractivity (Wildman–Crippen MR) is 108 cm³/mol. The number of anilines is 1. The van der Waals surface area contributed by atoms with Crippen molar-refractivity contribution in [2.24, 2.45) is 0 Å². The van der Waals surface area contributed by atoms with Gasteiger partial charge in [0.2, 0.25) is 11.9 Å². The van der Waals surface area contributed by atoms with Gasteiger partial charge in [0.15, 0.2) is 6.10 Å². The molecule has 0 unspecified atom stereocenters. The largest absolute Gasteiger partial charge is 0.465 e. The number of nitrogens with one attached hydrogen (secondary N) is 3. The number of furan rings is 1. The van der Waals surface area contributed by atoms with Gasteiger partial charge in [-0.2, -0.15) is 0 Å². The first-order chi connectivity index (χ1) is 14.0. The molecule has 0 aliphatic carbocycles. The minimum absolute atomic E-state index is 0.231. The van der Waals surface area contributed by atoms with Gasteiger partial charge in [0.05, 0.1) is 12.3 Å². The van der Waals surface area contributed by atoms with E-state index in [0.717, 1.165) is 11.3 Å². The summed E-state index contributed by atoms with van der Waals surface area (Å²) in [4.78, 5) is 31.7. The lowest BCUT2D eigenvalue weighted by Gasteiger charge is -2.23. The van der Waals surface area contributed by atoms with Gasteiger partial charge < -0.3 is 19.8 Å². The van der Waals surface area contributed by atoms with Crippen molar-refractivity contribution in [2.75, 3.05) is 5.32 Å². The molecule has 0 aliphatic rings. The van der Waals surface area contributed by atoms with E-state index in [0.29, 0.717) is 5.76 Å². The van der Waals surface area contributed by atoms with Gasteiger partial charge in [0.25, 0.3) is 5.91 Å². The van der Waals surface area contributed by atoms with Gasteiger partial charge in [-0.05, 0) is 37.1 Å². The van der Waals surface area contributed by atoms with E-state index in [1.165, 1.54) is 18.4 Å². The number of aryl methyl sites for hydroxylation is 1. The van der Waals surface area contributed by atoms with Crippen LogP contribution in [0.3, 0.4) is 0 Å². The smallest absolute Gasteiger partial charge is 0.257 e. The Bertz CT molecular complexity index is 964. The molecule has 8 heteroatoms. The molecular formula is C21H22N4O4. The van der Waals surface area contributed by atoms with Crippen LogP contribution < -0.4 is 10.6 Å². The van der Waals surface area contributed by atoms with Crippen molar-refractivity contribution in [3.05, 3.63) is 78.0 Å². The number of aromatic nitrogens is 2. The molecule has 4 N–H and O–H groups in total. The maximum Gasteiger partial charge on any atom is 0.257 e. The molecule has 2 heterocycles. The van der Waals surface area contributed by atoms with Crippen LogP contribution in [0.15, 0.2) is 65.4 Å². The normalized spacial score (nSPS) is 13.2. The van der Waals surface area contributed by atoms with Gasteiger partial charge in [-0.25, -0.2) is 4.98 Å². The van der Waals surface area contributed by atoms with E-state index in [1.54, 1.807) is 25.3 Å². The van der Waals surface area contributed by atoms with Crippen LogP contribution in [0, 0.1) is 6.92 Å². The zero-order chi connectivity index (χ0) is 20.6. The summed E-state index contributed by atoms with van der Waals surface area (Å²) in [7, 11) is 0. The molecule has 8 nitrogen and oxygen atoms in total. The number of hydrogen-bond acceptors (Lipinski definition) is 5. The minimum atomic E-state index is -1.48. The zero-order valence-electron chi connectivity index (χ0n) is 15.8. The quantitative estimate of drug-likeness (QED) is 0.436. The highest BCUT2D eigenvalue weighted by molar-refractivity contribution is 5.95. The van der Waals surface area contributed by atoms with Crippen LogP contribution in [0.5, 0.6) is 0 Å². The maximum atomic E-state index is 12.5. The van der Waals surface area contributed by atoms with Crippen molar-refractivity contribution in [3.63, 3.8) is 0 Å². The molecule has 3 aromatic rings. The number of rotatable bonds is 8. The first kappa shape index (κ1) is 20.1. The summed E-state index contributed by atoms with van der Waals surface area (Å²) < 4.78 is 5.15. The Morgan fingerprint density at radius 1 is 1.24 bits per heavy atom. The number of aromatic amines is 1. The summed E-state index contributed by atoms with van der Waals surface area (Å²) in [6.45, 7) is 1.79. The molecule has 0 bridgehead atoms. The molecule has 0 radical (unpaired) electrons. The molecule has 3 rings (SSSR count). The molecule has 0 aliphatic heterocycles. The van der Waals surface area contributed by atoms with Gasteiger partial charge in [0, 0.05) is 18.0 Å². The van der Waals surface area contributed by atoms with E-state index in [9.17, 15) is 14.7 Å². The molecule has 29 heavy (non-hydrogen) atoms. The number of aliphatic hydroxyl groups excluding tert-OH is 1. The Balaban J connectivity index is 1.70. The average molecular weight is 394 g/mol. The second kappa shape index (κ2) is 9.52. The topological polar surface area (TPSA) is 120 Å². The second-order valence-corrected chi connectivity index (χ2v) is 6.50. The lowest BCUT2D eigenvalue weighted by molar-refractivity contribution is -0.126. The van der Waals surface area contributed by atoms with Crippen LogP contribution in [0.25, 0.3) is 6.08 Å². The first-order valence-electron chi connectivity index (χ1n) is 9.08. The van der Waals surface area contributed by atoms with E-state index in [2.05, 4.69) is 20.6 Å². The maximum absolute atomic E-state index is 12.5. The predicted octanol–water partition coefficient (Wildman–Crippen LogP) is 2.05. The summed E-state index contributed by atoms with van der Waals surface area (Å²) in [5, 5.41) is 15.8. The summed E-state index contributed by atoms with van der Waals surface area (Å²) in [5.41, 5.74) is 1.64. The Morgan fingerprint density at radius 2 is 2.03 bits per heavy atom. The summed E-state index contributed by atoms with van der Waals surface area (Å²) in [6.07, 6.45) is 4.64. The van der Waals surface area contributed by atoms with Crippen LogP contribution in [0.2, 0.25) is 0 Å². The average Bonchev–Trinajstić information content (AvgIpc) is 3.38. The fraction of sp³-hybridized carbons (Fsp3) is 0.190. The fourth-order valence-electron chi connectivity index (χ4n) is 2.73. The number of amides is 2. The van der Waals surface area contributed by atoms with E-state index in [-0.39, 0.29) is 12.4 Å². The third-order valence-electron chi connectivity index (χ3n) is 4.16. The van der Waals surface area contributed by atoms with Crippen LogP contribution in [-0.2, 0) is 16.0 Å². The molecular weight excluding hydrogens is 372 g/mol. The number of nitrogens with zero attached hydrogens (tertiary/aromatic N) is 1. The van der Waals surface area contributed by atoms with Crippen molar-refractivity contribution in [2.45, 2.75) is 25.5 Å². The third-order valence-corrected chi connectivity index (χ3v) is 4.16. The highest BCUT2D eigenvalue weighted by atomic mass is 16.3. The van der Waals surface area contributed by atoms with Gasteiger partial charge in [-0.1, -0.05) is 30.3 Å². The second-order valence-electron chi connectivity index (χ2n) is 6.50. The van der Waals surface area contributed by atoms with Gasteiger partial charge in [-0.3, -0.25) is 14.9 Å². The third kappa shape index (κ3) is 5.91. The number of aliphatic hydroxyl groups is 1. The summed E-state index contributed by atoms with van der Waals surface area (Å²) in [5.74, 6) is -0.376. The molecule has 0 saturated heterocycles. The van der Waals surface area contributed by atoms with Crippen molar-refractivity contribution < 1.29 is 19.1 Å². The SMILES string of the molecule is Cc1cnc(NC(=O)[C@H](O)[C@H](Cc2ccccc2)NC(=O)/C=C/c2ccco2)[nH]1. The van der Waals surface area contributed by atoms with Gasteiger partial charge in [-0.15, -0.1) is 0 Å². The number of benzene rings is 1. The van der Waals surface area contributed by atoms with E-state index in [4.69, 9.17) is 4.42 Å². The van der Waals surface area contributed by atoms with Gasteiger partial charge in [0.1, 0.15) is 5.76 Å². The van der Waals surface area contributed by atoms with E-state index >= 15 is 0 Å². The number of imidazole rings is 1. The fourth-order valence-corrected chi connectivity index (χ4v) is 2.73. The number of carbonyl (C=O) groups excluding carboxylic acids is 2. The van der Waals surface area contributed by atoms with Crippen molar-refractivity contribution in [1.29, 1.82) is 0 Å². The Morgan fingerprint density at radius 3 is 2.69 bits per heavy atom. The van der Waals surface area contributed by atoms with Crippen LogP contribution in [-0.4, -0.2) is 39.0 Å². The van der Waals surface area contributed by atoms with E-state index in [1.807, 2.05) is 30.3 Å². The Hall–Kier alpha value is -3.65. The van der Waals surface area contributed by atoms with Crippen LogP contribution in [0.1, 0.15) is 17.0 Å². The molecule has 150 valence electrons. The molecule has 0 spiro atoms. The molecule has 2 amide bonds. The first-order valence-corrected chi connectivity index (χ1v) is 9.08. The minimum Gasteiger partial charge on any atom is -0.465 e. The number of hydrogen-bond donors (Lipinski definition) is 4. The van der Waals surface area contributed by atoms with Crippen molar-refractivity contribution >= 4 is 23.8 Å². The van der Waals surface area contributed by atoms with Crippen LogP contribution in [0.4, 0.5) is 5.95 Å². The van der Waals surface area contributed by atoms with Crippen molar-refractivity contribution in [3.8, 4) is 0 Å². The number of carbonyl (C=O) groups is 2. The molecule has 2 aromatic heterocycles. The monoisotopic (exact) mass is 394 g/mol. The lowest BCUT2D eigenvalue weighted by atomic mass is 10.0. The Labute approximate surface area is 167 Å². The lowest BCUT2D eigenvalue weighted by Crippen LogP contribution is -2.49. The molecule has 0 saturated carbocycles. The zero-order valence-corrected chi connectivity index (χ0v) is 15.8. The number of H-pyrrole nitrogens is 1. The highest BCUT2D eigenvalue weighted by Gasteiger charge is 2.28. The van der Waals surface area contributed by atoms with Crippen LogP contribution >= 0.6 is 0 Å². The summed E-state index contributed by atoms with van der Waals surface area (Å²) >= 11 is 0.